The molecule has 0 aliphatic carbocycles. The third-order valence-corrected chi connectivity index (χ3v) is 3.21. The molecule has 0 aromatic heterocycles. The highest BCUT2D eigenvalue weighted by Gasteiger charge is 2.16. The summed E-state index contributed by atoms with van der Waals surface area (Å²) < 4.78 is 6.41. The molecule has 0 aliphatic rings. The first kappa shape index (κ1) is 13.6. The van der Waals surface area contributed by atoms with Crippen LogP contribution >= 0.6 is 15.9 Å². The van der Waals surface area contributed by atoms with Gasteiger partial charge in [-0.25, -0.2) is 0 Å². The van der Waals surface area contributed by atoms with Crippen LogP contribution in [0.1, 0.15) is 22.8 Å². The Hall–Kier alpha value is -1.81. The summed E-state index contributed by atoms with van der Waals surface area (Å²) in [4.78, 5) is 12.5. The van der Waals surface area contributed by atoms with Gasteiger partial charge in [-0.15, -0.1) is 0 Å². The third-order valence-electron chi connectivity index (χ3n) is 2.69. The molecule has 0 amide bonds. The quantitative estimate of drug-likeness (QED) is 0.691. The van der Waals surface area contributed by atoms with Crippen molar-refractivity contribution in [3.8, 4) is 5.75 Å². The maximum absolute atomic E-state index is 12.5. The lowest BCUT2D eigenvalue weighted by Gasteiger charge is -2.11. The molecule has 3 nitrogen and oxygen atoms in total. The molecule has 0 saturated carbocycles. The van der Waals surface area contributed by atoms with E-state index < -0.39 is 0 Å². The predicted octanol–water partition coefficient (Wildman–Crippen LogP) is 3.66. The smallest absolute Gasteiger partial charge is 0.196 e. The fourth-order valence-corrected chi connectivity index (χ4v) is 2.06. The monoisotopic (exact) mass is 319 g/mol. The van der Waals surface area contributed by atoms with Gasteiger partial charge in [-0.3, -0.25) is 4.79 Å². The molecule has 0 fully saturated rings. The van der Waals surface area contributed by atoms with E-state index in [4.69, 9.17) is 10.5 Å². The molecule has 19 heavy (non-hydrogen) atoms. The second kappa shape index (κ2) is 5.89. The summed E-state index contributed by atoms with van der Waals surface area (Å²) in [6.07, 6.45) is 0. The molecule has 2 N–H and O–H groups in total. The Morgan fingerprint density at radius 3 is 2.53 bits per heavy atom. The van der Waals surface area contributed by atoms with E-state index in [1.807, 2.05) is 19.1 Å². The van der Waals surface area contributed by atoms with Crippen LogP contribution < -0.4 is 10.5 Å². The highest BCUT2D eigenvalue weighted by molar-refractivity contribution is 9.10. The van der Waals surface area contributed by atoms with Crippen LogP contribution in [0.5, 0.6) is 5.75 Å². The van der Waals surface area contributed by atoms with Crippen LogP contribution in [0.4, 0.5) is 5.69 Å². The first-order valence-electron chi connectivity index (χ1n) is 5.95. The fourth-order valence-electron chi connectivity index (χ4n) is 1.80. The largest absolute Gasteiger partial charge is 0.491 e. The Morgan fingerprint density at radius 1 is 1.21 bits per heavy atom. The number of hydrogen-bond acceptors (Lipinski definition) is 3. The van der Waals surface area contributed by atoms with Crippen LogP contribution in [-0.2, 0) is 0 Å². The van der Waals surface area contributed by atoms with Crippen LogP contribution in [0.15, 0.2) is 46.9 Å². The maximum atomic E-state index is 12.5. The molecular weight excluding hydrogens is 306 g/mol. The van der Waals surface area contributed by atoms with Crippen molar-refractivity contribution in [2.75, 3.05) is 12.3 Å². The molecule has 4 heteroatoms. The minimum atomic E-state index is -0.0942. The van der Waals surface area contributed by atoms with Crippen molar-refractivity contribution in [3.05, 3.63) is 58.1 Å². The summed E-state index contributed by atoms with van der Waals surface area (Å²) in [6.45, 7) is 2.33. The molecule has 0 atom stereocenters. The van der Waals surface area contributed by atoms with Crippen molar-refractivity contribution in [2.24, 2.45) is 0 Å². The third kappa shape index (κ3) is 2.96. The number of ketones is 1. The fraction of sp³-hybridized carbons (Fsp3) is 0.133. The van der Waals surface area contributed by atoms with Crippen LogP contribution in [-0.4, -0.2) is 12.4 Å². The topological polar surface area (TPSA) is 52.3 Å². The van der Waals surface area contributed by atoms with Gasteiger partial charge in [0.25, 0.3) is 0 Å². The van der Waals surface area contributed by atoms with Crippen molar-refractivity contribution in [2.45, 2.75) is 6.92 Å². The van der Waals surface area contributed by atoms with Gasteiger partial charge in [0.15, 0.2) is 11.5 Å². The number of benzene rings is 2. The lowest BCUT2D eigenvalue weighted by Crippen LogP contribution is -2.07. The van der Waals surface area contributed by atoms with Gasteiger partial charge in [0.1, 0.15) is 0 Å². The lowest BCUT2D eigenvalue weighted by atomic mass is 10.0. The molecule has 0 radical (unpaired) electrons. The standard InChI is InChI=1S/C15H14BrNO2/c1-2-19-15-12(4-3-5-13(15)17)14(18)10-6-8-11(16)9-7-10/h3-9H,2,17H2,1H3. The Balaban J connectivity index is 2.43. The summed E-state index contributed by atoms with van der Waals surface area (Å²) in [7, 11) is 0. The normalized spacial score (nSPS) is 10.2. The predicted molar refractivity (Wildman–Crippen MR) is 79.6 cm³/mol. The Kier molecular flexibility index (Phi) is 4.22. The molecule has 0 saturated heterocycles. The van der Waals surface area contributed by atoms with Gasteiger partial charge in [-0.1, -0.05) is 22.0 Å². The zero-order valence-electron chi connectivity index (χ0n) is 10.5. The Labute approximate surface area is 120 Å². The van der Waals surface area contributed by atoms with E-state index in [-0.39, 0.29) is 5.78 Å². The summed E-state index contributed by atoms with van der Waals surface area (Å²) in [5.74, 6) is 0.362. The molecule has 2 aromatic carbocycles. The summed E-state index contributed by atoms with van der Waals surface area (Å²) in [5, 5.41) is 0. The number of nitrogens with two attached hydrogens (primary N) is 1. The van der Waals surface area contributed by atoms with E-state index in [0.29, 0.717) is 29.2 Å². The summed E-state index contributed by atoms with van der Waals surface area (Å²) >= 11 is 3.35. The second-order valence-corrected chi connectivity index (χ2v) is 4.91. The van der Waals surface area contributed by atoms with Gasteiger partial charge in [0, 0.05) is 10.0 Å². The van der Waals surface area contributed by atoms with Crippen LogP contribution in [0.2, 0.25) is 0 Å². The van der Waals surface area contributed by atoms with Crippen LogP contribution in [0, 0.1) is 0 Å². The van der Waals surface area contributed by atoms with Crippen LogP contribution in [0.25, 0.3) is 0 Å². The molecule has 0 spiro atoms. The molecular formula is C15H14BrNO2. The highest BCUT2D eigenvalue weighted by Crippen LogP contribution is 2.28. The number of carbonyl (C=O) groups excluding carboxylic acids is 1. The SMILES string of the molecule is CCOc1c(N)cccc1C(=O)c1ccc(Br)cc1. The van der Waals surface area contributed by atoms with E-state index in [0.717, 1.165) is 4.47 Å². The number of carbonyl (C=O) groups is 1. The number of hydrogen-bond donors (Lipinski definition) is 1. The number of rotatable bonds is 4. The van der Waals surface area contributed by atoms with Gasteiger partial charge >= 0.3 is 0 Å². The second-order valence-electron chi connectivity index (χ2n) is 3.99. The Morgan fingerprint density at radius 2 is 1.89 bits per heavy atom. The Bertz CT molecular complexity index is 594. The van der Waals surface area contributed by atoms with Crippen molar-refractivity contribution in [1.82, 2.24) is 0 Å². The zero-order chi connectivity index (χ0) is 13.8. The average Bonchev–Trinajstić information content (AvgIpc) is 2.41. The first-order chi connectivity index (χ1) is 9.13. The lowest BCUT2D eigenvalue weighted by molar-refractivity contribution is 0.103. The van der Waals surface area contributed by atoms with E-state index >= 15 is 0 Å². The zero-order valence-corrected chi connectivity index (χ0v) is 12.1. The van der Waals surface area contributed by atoms with Crippen LogP contribution in [0.3, 0.4) is 0 Å². The van der Waals surface area contributed by atoms with Gasteiger partial charge in [-0.05, 0) is 43.3 Å². The van der Waals surface area contributed by atoms with E-state index in [1.54, 1.807) is 30.3 Å². The van der Waals surface area contributed by atoms with E-state index in [1.165, 1.54) is 0 Å². The summed E-state index contributed by atoms with van der Waals surface area (Å²) in [6, 6.07) is 12.4. The number of para-hydroxylation sites is 1. The number of anilines is 1. The van der Waals surface area contributed by atoms with Gasteiger partial charge < -0.3 is 10.5 Å². The van der Waals surface area contributed by atoms with Crippen molar-refractivity contribution in [1.29, 1.82) is 0 Å². The summed E-state index contributed by atoms with van der Waals surface area (Å²) in [5.41, 5.74) is 7.44. The molecule has 0 heterocycles. The highest BCUT2D eigenvalue weighted by atomic mass is 79.9. The van der Waals surface area contributed by atoms with Crippen molar-refractivity contribution < 1.29 is 9.53 Å². The first-order valence-corrected chi connectivity index (χ1v) is 6.74. The van der Waals surface area contributed by atoms with Crippen molar-refractivity contribution in [3.63, 3.8) is 0 Å². The van der Waals surface area contributed by atoms with Gasteiger partial charge in [-0.2, -0.15) is 0 Å². The molecule has 0 aliphatic heterocycles. The maximum Gasteiger partial charge on any atom is 0.196 e. The van der Waals surface area contributed by atoms with E-state index in [2.05, 4.69) is 15.9 Å². The molecule has 2 rings (SSSR count). The minimum absolute atomic E-state index is 0.0942. The van der Waals surface area contributed by atoms with E-state index in [9.17, 15) is 4.79 Å². The number of ether oxygens (including phenoxy) is 1. The van der Waals surface area contributed by atoms with Gasteiger partial charge in [0.05, 0.1) is 17.9 Å². The van der Waals surface area contributed by atoms with Crippen molar-refractivity contribution >= 4 is 27.4 Å². The van der Waals surface area contributed by atoms with Gasteiger partial charge in [0.2, 0.25) is 0 Å². The molecule has 0 unspecified atom stereocenters. The average molecular weight is 320 g/mol. The number of halogens is 1. The molecule has 98 valence electrons. The number of nitrogen functional groups attached to an aromatic ring is 1. The minimum Gasteiger partial charge on any atom is -0.491 e. The molecule has 0 bridgehead atoms. The molecule has 2 aromatic rings.